The Morgan fingerprint density at radius 3 is 2.75 bits per heavy atom. The maximum atomic E-state index is 12.3. The standard InChI is InChI=1S/C18H23N3O2S/c1-12-8-10-24-17(12)7-9-19-18(22)16-11-15(20-21-16)13-3-5-14(23-2)6-4-13/h3-6,8,10,15-16,20-21H,7,9,11H2,1-2H3,(H,19,22). The van der Waals surface area contributed by atoms with Gasteiger partial charge in [0.25, 0.3) is 0 Å². The molecule has 1 saturated heterocycles. The van der Waals surface area contributed by atoms with Gasteiger partial charge in [-0.1, -0.05) is 12.1 Å². The van der Waals surface area contributed by atoms with Crippen molar-refractivity contribution >= 4 is 17.2 Å². The van der Waals surface area contributed by atoms with Crippen LogP contribution in [0.15, 0.2) is 35.7 Å². The highest BCUT2D eigenvalue weighted by molar-refractivity contribution is 7.10. The summed E-state index contributed by atoms with van der Waals surface area (Å²) in [5.41, 5.74) is 8.75. The highest BCUT2D eigenvalue weighted by Gasteiger charge is 2.29. The van der Waals surface area contributed by atoms with E-state index in [1.165, 1.54) is 10.4 Å². The summed E-state index contributed by atoms with van der Waals surface area (Å²) in [6.45, 7) is 2.78. The molecular weight excluding hydrogens is 322 g/mol. The Kier molecular flexibility index (Phi) is 5.50. The molecule has 2 atom stereocenters. The first-order valence-electron chi connectivity index (χ1n) is 8.13. The van der Waals surface area contributed by atoms with Gasteiger partial charge >= 0.3 is 0 Å². The average molecular weight is 345 g/mol. The average Bonchev–Trinajstić information content (AvgIpc) is 3.25. The van der Waals surface area contributed by atoms with Crippen LogP contribution in [0.5, 0.6) is 5.75 Å². The molecule has 0 aliphatic carbocycles. The maximum Gasteiger partial charge on any atom is 0.238 e. The summed E-state index contributed by atoms with van der Waals surface area (Å²) >= 11 is 1.74. The van der Waals surface area contributed by atoms with Crippen LogP contribution in [-0.4, -0.2) is 25.6 Å². The Bertz CT molecular complexity index is 684. The smallest absolute Gasteiger partial charge is 0.238 e. The minimum Gasteiger partial charge on any atom is -0.497 e. The number of hydrogen-bond donors (Lipinski definition) is 3. The number of carbonyl (C=O) groups excluding carboxylic acids is 1. The number of carbonyl (C=O) groups is 1. The Hall–Kier alpha value is -1.89. The van der Waals surface area contributed by atoms with E-state index in [0.29, 0.717) is 6.54 Å². The van der Waals surface area contributed by atoms with Crippen LogP contribution in [0.3, 0.4) is 0 Å². The zero-order chi connectivity index (χ0) is 16.9. The van der Waals surface area contributed by atoms with Gasteiger partial charge in [-0.15, -0.1) is 11.3 Å². The molecule has 2 aromatic rings. The van der Waals surface area contributed by atoms with Crippen molar-refractivity contribution in [1.29, 1.82) is 0 Å². The number of rotatable bonds is 6. The van der Waals surface area contributed by atoms with E-state index >= 15 is 0 Å². The zero-order valence-corrected chi connectivity index (χ0v) is 14.8. The SMILES string of the molecule is COc1ccc(C2CC(C(=O)NCCc3sccc3C)NN2)cc1. The molecule has 6 heteroatoms. The molecule has 128 valence electrons. The molecule has 24 heavy (non-hydrogen) atoms. The van der Waals surface area contributed by atoms with E-state index < -0.39 is 0 Å². The van der Waals surface area contributed by atoms with E-state index in [4.69, 9.17) is 4.74 Å². The summed E-state index contributed by atoms with van der Waals surface area (Å²) < 4.78 is 5.18. The van der Waals surface area contributed by atoms with Crippen LogP contribution in [0.4, 0.5) is 0 Å². The van der Waals surface area contributed by atoms with E-state index in [-0.39, 0.29) is 18.0 Å². The monoisotopic (exact) mass is 345 g/mol. The maximum absolute atomic E-state index is 12.3. The Morgan fingerprint density at radius 1 is 1.29 bits per heavy atom. The number of hydrogen-bond acceptors (Lipinski definition) is 5. The third-order valence-corrected chi connectivity index (χ3v) is 5.44. The van der Waals surface area contributed by atoms with Gasteiger partial charge in [-0.25, -0.2) is 10.9 Å². The zero-order valence-electron chi connectivity index (χ0n) is 14.0. The lowest BCUT2D eigenvalue weighted by atomic mass is 10.0. The summed E-state index contributed by atoms with van der Waals surface area (Å²) in [6.07, 6.45) is 1.62. The Morgan fingerprint density at radius 2 is 2.08 bits per heavy atom. The van der Waals surface area contributed by atoms with Gasteiger partial charge in [0, 0.05) is 17.5 Å². The van der Waals surface area contributed by atoms with E-state index in [1.54, 1.807) is 18.4 Å². The van der Waals surface area contributed by atoms with Crippen molar-refractivity contribution in [2.45, 2.75) is 31.8 Å². The van der Waals surface area contributed by atoms with E-state index in [2.05, 4.69) is 34.5 Å². The van der Waals surface area contributed by atoms with Crippen LogP contribution in [0, 0.1) is 6.92 Å². The quantitative estimate of drug-likeness (QED) is 0.752. The molecule has 3 rings (SSSR count). The number of ether oxygens (including phenoxy) is 1. The number of benzene rings is 1. The molecule has 1 aromatic heterocycles. The molecular formula is C18H23N3O2S. The summed E-state index contributed by atoms with van der Waals surface area (Å²) in [6, 6.07) is 9.97. The third-order valence-electron chi connectivity index (χ3n) is 4.36. The van der Waals surface area contributed by atoms with Crippen molar-refractivity contribution in [3.05, 3.63) is 51.7 Å². The fourth-order valence-corrected chi connectivity index (χ4v) is 3.78. The molecule has 1 aromatic carbocycles. The molecule has 2 unspecified atom stereocenters. The van der Waals surface area contributed by atoms with E-state index in [0.717, 1.165) is 24.2 Å². The number of thiophene rings is 1. The van der Waals surface area contributed by atoms with Crippen molar-refractivity contribution in [2.24, 2.45) is 0 Å². The Balaban J connectivity index is 1.47. The first-order valence-corrected chi connectivity index (χ1v) is 9.01. The molecule has 0 radical (unpaired) electrons. The number of nitrogens with one attached hydrogen (secondary N) is 3. The highest BCUT2D eigenvalue weighted by Crippen LogP contribution is 2.24. The van der Waals surface area contributed by atoms with Crippen molar-refractivity contribution in [1.82, 2.24) is 16.2 Å². The second-order valence-corrected chi connectivity index (χ2v) is 6.97. The van der Waals surface area contributed by atoms with Crippen LogP contribution < -0.4 is 20.9 Å². The lowest BCUT2D eigenvalue weighted by Gasteiger charge is -2.11. The molecule has 5 nitrogen and oxygen atoms in total. The summed E-state index contributed by atoms with van der Waals surface area (Å²) in [7, 11) is 1.66. The van der Waals surface area contributed by atoms with Gasteiger partial charge in [0.2, 0.25) is 5.91 Å². The first-order chi connectivity index (χ1) is 11.7. The van der Waals surface area contributed by atoms with Gasteiger partial charge in [-0.2, -0.15) is 0 Å². The van der Waals surface area contributed by atoms with Gasteiger partial charge in [0.1, 0.15) is 11.8 Å². The predicted octanol–water partition coefficient (Wildman–Crippen LogP) is 2.33. The van der Waals surface area contributed by atoms with Crippen LogP contribution in [-0.2, 0) is 11.2 Å². The molecule has 1 aliphatic rings. The van der Waals surface area contributed by atoms with Gasteiger partial charge in [0.05, 0.1) is 7.11 Å². The summed E-state index contributed by atoms with van der Waals surface area (Å²) in [4.78, 5) is 13.6. The minimum absolute atomic E-state index is 0.0488. The van der Waals surface area contributed by atoms with Crippen LogP contribution in [0.2, 0.25) is 0 Å². The summed E-state index contributed by atoms with van der Waals surface area (Å²) in [5, 5.41) is 5.12. The van der Waals surface area contributed by atoms with Crippen molar-refractivity contribution in [3.63, 3.8) is 0 Å². The van der Waals surface area contributed by atoms with Crippen molar-refractivity contribution in [2.75, 3.05) is 13.7 Å². The molecule has 1 fully saturated rings. The topological polar surface area (TPSA) is 62.4 Å². The second-order valence-electron chi connectivity index (χ2n) is 5.97. The molecule has 1 aliphatic heterocycles. The van der Waals surface area contributed by atoms with Gasteiger partial charge in [-0.3, -0.25) is 4.79 Å². The fraction of sp³-hybridized carbons (Fsp3) is 0.389. The third kappa shape index (κ3) is 3.95. The van der Waals surface area contributed by atoms with Crippen LogP contribution in [0.1, 0.15) is 28.5 Å². The first kappa shape index (κ1) is 17.0. The van der Waals surface area contributed by atoms with Gasteiger partial charge < -0.3 is 10.1 Å². The molecule has 1 amide bonds. The lowest BCUT2D eigenvalue weighted by molar-refractivity contribution is -0.122. The largest absolute Gasteiger partial charge is 0.497 e. The highest BCUT2D eigenvalue weighted by atomic mass is 32.1. The number of aryl methyl sites for hydroxylation is 1. The van der Waals surface area contributed by atoms with Crippen molar-refractivity contribution in [3.8, 4) is 5.75 Å². The lowest BCUT2D eigenvalue weighted by Crippen LogP contribution is -2.43. The normalized spacial score (nSPS) is 20.1. The summed E-state index contributed by atoms with van der Waals surface area (Å²) in [5.74, 6) is 0.885. The second kappa shape index (κ2) is 7.79. The molecule has 3 N–H and O–H groups in total. The minimum atomic E-state index is -0.207. The number of methoxy groups -OCH3 is 1. The predicted molar refractivity (Wildman–Crippen MR) is 96.2 cm³/mol. The number of amides is 1. The van der Waals surface area contributed by atoms with Gasteiger partial charge in [-0.05, 0) is 54.5 Å². The Labute approximate surface area is 146 Å². The van der Waals surface area contributed by atoms with Crippen LogP contribution >= 0.6 is 11.3 Å². The number of hydrazine groups is 1. The molecule has 0 bridgehead atoms. The fourth-order valence-electron chi connectivity index (χ4n) is 2.87. The molecule has 0 saturated carbocycles. The van der Waals surface area contributed by atoms with Gasteiger partial charge in [0.15, 0.2) is 0 Å². The van der Waals surface area contributed by atoms with Crippen molar-refractivity contribution < 1.29 is 9.53 Å². The van der Waals surface area contributed by atoms with E-state index in [1.807, 2.05) is 24.3 Å². The van der Waals surface area contributed by atoms with E-state index in [9.17, 15) is 4.79 Å². The van der Waals surface area contributed by atoms with Crippen LogP contribution in [0.25, 0.3) is 0 Å². The molecule has 2 heterocycles. The molecule has 0 spiro atoms.